The second-order valence-electron chi connectivity index (χ2n) is 5.34. The zero-order chi connectivity index (χ0) is 15.3. The fourth-order valence-electron chi connectivity index (χ4n) is 2.05. The predicted octanol–water partition coefficient (Wildman–Crippen LogP) is 2.88. The van der Waals surface area contributed by atoms with Gasteiger partial charge in [0.2, 0.25) is 0 Å². The standard InChI is InChI=1S/C16H20N2O2S/c1-16(2,15-17-8-9-21-15)18-11-13-7-5-4-6-12(13)10-14(19)20-3/h4-9,18H,10-11H2,1-3H3. The molecule has 0 radical (unpaired) electrons. The third-order valence-electron chi connectivity index (χ3n) is 3.37. The van der Waals surface area contributed by atoms with E-state index in [4.69, 9.17) is 4.74 Å². The Hall–Kier alpha value is -1.72. The molecule has 1 heterocycles. The Kier molecular flexibility index (Phi) is 5.09. The molecule has 0 saturated heterocycles. The van der Waals surface area contributed by atoms with E-state index in [9.17, 15) is 4.79 Å². The van der Waals surface area contributed by atoms with Crippen molar-refractivity contribution in [3.63, 3.8) is 0 Å². The molecule has 0 amide bonds. The van der Waals surface area contributed by atoms with Crippen LogP contribution in [0, 0.1) is 0 Å². The molecule has 0 aliphatic heterocycles. The average molecular weight is 304 g/mol. The summed E-state index contributed by atoms with van der Waals surface area (Å²) in [6.07, 6.45) is 2.11. The van der Waals surface area contributed by atoms with E-state index < -0.39 is 0 Å². The highest BCUT2D eigenvalue weighted by Crippen LogP contribution is 2.23. The molecular formula is C16H20N2O2S. The third-order valence-corrected chi connectivity index (χ3v) is 4.47. The monoisotopic (exact) mass is 304 g/mol. The number of carbonyl (C=O) groups is 1. The van der Waals surface area contributed by atoms with Crippen LogP contribution in [0.15, 0.2) is 35.8 Å². The maximum Gasteiger partial charge on any atom is 0.309 e. The van der Waals surface area contributed by atoms with Crippen molar-refractivity contribution in [2.24, 2.45) is 0 Å². The van der Waals surface area contributed by atoms with E-state index in [1.54, 1.807) is 11.3 Å². The van der Waals surface area contributed by atoms with Crippen molar-refractivity contribution >= 4 is 17.3 Å². The van der Waals surface area contributed by atoms with Crippen molar-refractivity contribution in [3.05, 3.63) is 52.0 Å². The number of methoxy groups -OCH3 is 1. The lowest BCUT2D eigenvalue weighted by Crippen LogP contribution is -2.36. The number of aromatic nitrogens is 1. The highest BCUT2D eigenvalue weighted by atomic mass is 32.1. The first-order valence-electron chi connectivity index (χ1n) is 6.81. The number of hydrogen-bond acceptors (Lipinski definition) is 5. The van der Waals surface area contributed by atoms with E-state index in [2.05, 4.69) is 24.1 Å². The van der Waals surface area contributed by atoms with Crippen molar-refractivity contribution < 1.29 is 9.53 Å². The van der Waals surface area contributed by atoms with Crippen LogP contribution in [0.2, 0.25) is 0 Å². The van der Waals surface area contributed by atoms with Crippen LogP contribution in [0.25, 0.3) is 0 Å². The molecule has 5 heteroatoms. The zero-order valence-electron chi connectivity index (χ0n) is 12.6. The summed E-state index contributed by atoms with van der Waals surface area (Å²) in [6, 6.07) is 7.91. The Morgan fingerprint density at radius 3 is 2.67 bits per heavy atom. The maximum atomic E-state index is 11.5. The van der Waals surface area contributed by atoms with Gasteiger partial charge < -0.3 is 10.1 Å². The molecule has 1 N–H and O–H groups in total. The summed E-state index contributed by atoms with van der Waals surface area (Å²) in [6.45, 7) is 4.89. The second-order valence-corrected chi connectivity index (χ2v) is 6.23. The van der Waals surface area contributed by atoms with Crippen LogP contribution in [0.1, 0.15) is 30.0 Å². The van der Waals surface area contributed by atoms with Crippen molar-refractivity contribution in [1.29, 1.82) is 0 Å². The Balaban J connectivity index is 2.08. The number of carbonyl (C=O) groups excluding carboxylic acids is 1. The SMILES string of the molecule is COC(=O)Cc1ccccc1CNC(C)(C)c1nccs1. The van der Waals surface area contributed by atoms with Crippen LogP contribution in [-0.2, 0) is 28.0 Å². The first-order chi connectivity index (χ1) is 10.0. The lowest BCUT2D eigenvalue weighted by atomic mass is 10.0. The Morgan fingerprint density at radius 2 is 2.05 bits per heavy atom. The van der Waals surface area contributed by atoms with Gasteiger partial charge in [-0.2, -0.15) is 0 Å². The zero-order valence-corrected chi connectivity index (χ0v) is 13.4. The van der Waals surface area contributed by atoms with Crippen LogP contribution in [0.3, 0.4) is 0 Å². The number of esters is 1. The number of nitrogens with zero attached hydrogens (tertiary/aromatic N) is 1. The van der Waals surface area contributed by atoms with E-state index >= 15 is 0 Å². The molecule has 2 rings (SSSR count). The summed E-state index contributed by atoms with van der Waals surface area (Å²) < 4.78 is 4.75. The minimum atomic E-state index is -0.221. The van der Waals surface area contributed by atoms with Crippen molar-refractivity contribution in [3.8, 4) is 0 Å². The van der Waals surface area contributed by atoms with Crippen LogP contribution in [0.4, 0.5) is 0 Å². The highest BCUT2D eigenvalue weighted by Gasteiger charge is 2.22. The molecule has 0 bridgehead atoms. The highest BCUT2D eigenvalue weighted by molar-refractivity contribution is 7.09. The van der Waals surface area contributed by atoms with E-state index in [1.165, 1.54) is 7.11 Å². The van der Waals surface area contributed by atoms with Gasteiger partial charge in [0, 0.05) is 18.1 Å². The number of rotatable bonds is 6. The second kappa shape index (κ2) is 6.83. The van der Waals surface area contributed by atoms with Gasteiger partial charge in [0.15, 0.2) is 0 Å². The van der Waals surface area contributed by atoms with Gasteiger partial charge in [-0.05, 0) is 25.0 Å². The average Bonchev–Trinajstić information content (AvgIpc) is 3.01. The molecule has 1 aromatic carbocycles. The molecule has 0 aliphatic carbocycles. The summed E-state index contributed by atoms with van der Waals surface area (Å²) in [5.74, 6) is -0.221. The Bertz CT molecular complexity index is 594. The van der Waals surface area contributed by atoms with Gasteiger partial charge >= 0.3 is 5.97 Å². The minimum Gasteiger partial charge on any atom is -0.469 e. The minimum absolute atomic E-state index is 0.202. The van der Waals surface area contributed by atoms with Gasteiger partial charge in [-0.3, -0.25) is 4.79 Å². The van der Waals surface area contributed by atoms with Gasteiger partial charge in [0.25, 0.3) is 0 Å². The lowest BCUT2D eigenvalue weighted by Gasteiger charge is -2.24. The Labute approximate surface area is 129 Å². The summed E-state index contributed by atoms with van der Waals surface area (Å²) in [5, 5.41) is 6.53. The molecule has 0 atom stereocenters. The van der Waals surface area contributed by atoms with Crippen LogP contribution >= 0.6 is 11.3 Å². The van der Waals surface area contributed by atoms with Crippen molar-refractivity contribution in [2.45, 2.75) is 32.4 Å². The normalized spacial score (nSPS) is 11.4. The topological polar surface area (TPSA) is 51.2 Å². The maximum absolute atomic E-state index is 11.5. The van der Waals surface area contributed by atoms with Crippen LogP contribution in [0.5, 0.6) is 0 Å². The smallest absolute Gasteiger partial charge is 0.309 e. The molecule has 0 fully saturated rings. The van der Waals surface area contributed by atoms with Gasteiger partial charge in [0.05, 0.1) is 19.1 Å². The lowest BCUT2D eigenvalue weighted by molar-refractivity contribution is -0.139. The summed E-state index contributed by atoms with van der Waals surface area (Å²) in [7, 11) is 1.41. The van der Waals surface area contributed by atoms with Crippen molar-refractivity contribution in [1.82, 2.24) is 10.3 Å². The number of nitrogens with one attached hydrogen (secondary N) is 1. The van der Waals surface area contributed by atoms with Crippen molar-refractivity contribution in [2.75, 3.05) is 7.11 Å². The first-order valence-corrected chi connectivity index (χ1v) is 7.69. The number of hydrogen-bond donors (Lipinski definition) is 1. The van der Waals surface area contributed by atoms with E-state index in [-0.39, 0.29) is 11.5 Å². The molecule has 1 aromatic heterocycles. The fourth-order valence-corrected chi connectivity index (χ4v) is 2.79. The first kappa shape index (κ1) is 15.7. The van der Waals surface area contributed by atoms with E-state index in [0.29, 0.717) is 13.0 Å². The molecule has 21 heavy (non-hydrogen) atoms. The molecule has 0 aliphatic rings. The summed E-state index contributed by atoms with van der Waals surface area (Å²) >= 11 is 1.64. The number of ether oxygens (including phenoxy) is 1. The molecule has 4 nitrogen and oxygen atoms in total. The largest absolute Gasteiger partial charge is 0.469 e. The van der Waals surface area contributed by atoms with Crippen LogP contribution in [-0.4, -0.2) is 18.1 Å². The van der Waals surface area contributed by atoms with Crippen LogP contribution < -0.4 is 5.32 Å². The predicted molar refractivity (Wildman–Crippen MR) is 84.1 cm³/mol. The van der Waals surface area contributed by atoms with Gasteiger partial charge in [-0.1, -0.05) is 24.3 Å². The summed E-state index contributed by atoms with van der Waals surface area (Å²) in [4.78, 5) is 15.8. The third kappa shape index (κ3) is 4.12. The molecule has 0 saturated carbocycles. The van der Waals surface area contributed by atoms with Gasteiger partial charge in [-0.25, -0.2) is 4.98 Å². The Morgan fingerprint density at radius 1 is 1.33 bits per heavy atom. The molecule has 0 spiro atoms. The molecular weight excluding hydrogens is 284 g/mol. The molecule has 112 valence electrons. The van der Waals surface area contributed by atoms with Gasteiger partial charge in [0.1, 0.15) is 5.01 Å². The number of benzene rings is 1. The molecule has 0 unspecified atom stereocenters. The van der Waals surface area contributed by atoms with Gasteiger partial charge in [-0.15, -0.1) is 11.3 Å². The summed E-state index contributed by atoms with van der Waals surface area (Å²) in [5.41, 5.74) is 1.89. The van der Waals surface area contributed by atoms with E-state index in [0.717, 1.165) is 16.1 Å². The fraction of sp³-hybridized carbons (Fsp3) is 0.375. The van der Waals surface area contributed by atoms with E-state index in [1.807, 2.05) is 35.8 Å². The number of thiazole rings is 1. The quantitative estimate of drug-likeness (QED) is 0.834. The molecule has 2 aromatic rings.